The highest BCUT2D eigenvalue weighted by Gasteiger charge is 2.27. The van der Waals surface area contributed by atoms with Crippen molar-refractivity contribution in [2.24, 2.45) is 17.6 Å². The molecule has 2 aliphatic rings. The molecule has 130 valence electrons. The fourth-order valence-corrected chi connectivity index (χ4v) is 3.78. The van der Waals surface area contributed by atoms with E-state index in [0.29, 0.717) is 6.54 Å². The largest absolute Gasteiger partial charge is 0.352 e. The Morgan fingerprint density at radius 3 is 2.54 bits per heavy atom. The second-order valence-electron chi connectivity index (χ2n) is 7.16. The van der Waals surface area contributed by atoms with E-state index in [1.165, 1.54) is 0 Å². The van der Waals surface area contributed by atoms with E-state index in [4.69, 9.17) is 5.73 Å². The standard InChI is InChI=1S/C19H27N3O2/c20-16-9-8-15(11-16)18(23)21-12-13-4-3-7-17(10-13)22-19(24)14-5-1-2-6-14/h3-4,7,10,14-16H,1-2,5-6,8-9,11-12,20H2,(H,21,23)(H,22,24). The number of carbonyl (C=O) groups is 2. The molecule has 2 fully saturated rings. The van der Waals surface area contributed by atoms with Gasteiger partial charge in [0.05, 0.1) is 0 Å². The first-order valence-electron chi connectivity index (χ1n) is 9.05. The summed E-state index contributed by atoms with van der Waals surface area (Å²) in [4.78, 5) is 24.4. The van der Waals surface area contributed by atoms with Crippen LogP contribution in [0.25, 0.3) is 0 Å². The van der Waals surface area contributed by atoms with Crippen molar-refractivity contribution in [1.29, 1.82) is 0 Å². The lowest BCUT2D eigenvalue weighted by atomic mass is 10.1. The number of anilines is 1. The van der Waals surface area contributed by atoms with Crippen LogP contribution in [0.1, 0.15) is 50.5 Å². The lowest BCUT2D eigenvalue weighted by Gasteiger charge is -2.13. The van der Waals surface area contributed by atoms with Crippen LogP contribution >= 0.6 is 0 Å². The van der Waals surface area contributed by atoms with E-state index in [9.17, 15) is 9.59 Å². The number of rotatable bonds is 5. The van der Waals surface area contributed by atoms with E-state index in [1.54, 1.807) is 0 Å². The first-order valence-corrected chi connectivity index (χ1v) is 9.05. The molecule has 0 aromatic heterocycles. The van der Waals surface area contributed by atoms with Crippen LogP contribution in [-0.4, -0.2) is 17.9 Å². The summed E-state index contributed by atoms with van der Waals surface area (Å²) >= 11 is 0. The first kappa shape index (κ1) is 17.0. The topological polar surface area (TPSA) is 84.2 Å². The molecule has 0 radical (unpaired) electrons. The summed E-state index contributed by atoms with van der Waals surface area (Å²) in [6.07, 6.45) is 6.87. The van der Waals surface area contributed by atoms with Gasteiger partial charge >= 0.3 is 0 Å². The molecule has 0 spiro atoms. The van der Waals surface area contributed by atoms with Gasteiger partial charge in [-0.1, -0.05) is 25.0 Å². The fraction of sp³-hybridized carbons (Fsp3) is 0.579. The highest BCUT2D eigenvalue weighted by molar-refractivity contribution is 5.92. The molecule has 24 heavy (non-hydrogen) atoms. The van der Waals surface area contributed by atoms with Crippen molar-refractivity contribution in [3.05, 3.63) is 29.8 Å². The molecular formula is C19H27N3O2. The Morgan fingerprint density at radius 1 is 1.04 bits per heavy atom. The summed E-state index contributed by atoms with van der Waals surface area (Å²) < 4.78 is 0. The maximum Gasteiger partial charge on any atom is 0.227 e. The number of hydrogen-bond acceptors (Lipinski definition) is 3. The zero-order valence-electron chi connectivity index (χ0n) is 14.1. The molecule has 2 unspecified atom stereocenters. The summed E-state index contributed by atoms with van der Waals surface area (Å²) in [6.45, 7) is 0.484. The molecule has 0 aliphatic heterocycles. The molecule has 2 atom stereocenters. The van der Waals surface area contributed by atoms with Crippen LogP contribution in [0.2, 0.25) is 0 Å². The lowest BCUT2D eigenvalue weighted by Crippen LogP contribution is -2.30. The van der Waals surface area contributed by atoms with E-state index in [-0.39, 0.29) is 29.7 Å². The van der Waals surface area contributed by atoms with E-state index >= 15 is 0 Å². The third-order valence-electron chi connectivity index (χ3n) is 5.23. The SMILES string of the molecule is NC1CCC(C(=O)NCc2cccc(NC(=O)C3CCCC3)c2)C1. The van der Waals surface area contributed by atoms with Gasteiger partial charge in [0.2, 0.25) is 11.8 Å². The molecule has 5 heteroatoms. The van der Waals surface area contributed by atoms with Gasteiger partial charge < -0.3 is 16.4 Å². The molecule has 2 aliphatic carbocycles. The van der Waals surface area contributed by atoms with Gasteiger partial charge in [-0.2, -0.15) is 0 Å². The Kier molecular flexibility index (Phi) is 5.51. The second kappa shape index (κ2) is 7.79. The van der Waals surface area contributed by atoms with Crippen LogP contribution in [-0.2, 0) is 16.1 Å². The average molecular weight is 329 g/mol. The Morgan fingerprint density at radius 2 is 1.83 bits per heavy atom. The molecule has 3 rings (SSSR count). The zero-order valence-corrected chi connectivity index (χ0v) is 14.1. The summed E-state index contributed by atoms with van der Waals surface area (Å²) in [7, 11) is 0. The molecule has 1 aromatic rings. The van der Waals surface area contributed by atoms with Crippen LogP contribution in [0.4, 0.5) is 5.69 Å². The number of benzene rings is 1. The van der Waals surface area contributed by atoms with Gasteiger partial charge in [-0.15, -0.1) is 0 Å². The number of amides is 2. The van der Waals surface area contributed by atoms with Gasteiger partial charge in [-0.25, -0.2) is 0 Å². The lowest BCUT2D eigenvalue weighted by molar-refractivity contribution is -0.125. The van der Waals surface area contributed by atoms with Gasteiger partial charge in [0.25, 0.3) is 0 Å². The Bertz CT molecular complexity index is 596. The molecule has 0 bridgehead atoms. The highest BCUT2D eigenvalue weighted by atomic mass is 16.2. The van der Waals surface area contributed by atoms with Gasteiger partial charge in [0.15, 0.2) is 0 Å². The van der Waals surface area contributed by atoms with Crippen LogP contribution in [0, 0.1) is 11.8 Å². The minimum Gasteiger partial charge on any atom is -0.352 e. The third kappa shape index (κ3) is 4.35. The Hall–Kier alpha value is -1.88. The van der Waals surface area contributed by atoms with Crippen molar-refractivity contribution in [2.45, 2.75) is 57.5 Å². The number of nitrogens with two attached hydrogens (primary N) is 1. The molecule has 2 amide bonds. The molecule has 4 N–H and O–H groups in total. The Labute approximate surface area is 143 Å². The highest BCUT2D eigenvalue weighted by Crippen LogP contribution is 2.26. The summed E-state index contributed by atoms with van der Waals surface area (Å²) in [6, 6.07) is 7.88. The molecule has 0 saturated heterocycles. The molecule has 2 saturated carbocycles. The quantitative estimate of drug-likeness (QED) is 0.776. The number of carbonyl (C=O) groups excluding carboxylic acids is 2. The molecular weight excluding hydrogens is 302 g/mol. The zero-order chi connectivity index (χ0) is 16.9. The monoisotopic (exact) mass is 329 g/mol. The molecule has 1 aromatic carbocycles. The van der Waals surface area contributed by atoms with E-state index in [1.807, 2.05) is 24.3 Å². The molecule has 0 heterocycles. The Balaban J connectivity index is 1.51. The average Bonchev–Trinajstić information content (AvgIpc) is 3.24. The van der Waals surface area contributed by atoms with Crippen molar-refractivity contribution in [2.75, 3.05) is 5.32 Å². The van der Waals surface area contributed by atoms with Crippen molar-refractivity contribution in [3.63, 3.8) is 0 Å². The first-order chi connectivity index (χ1) is 11.6. The van der Waals surface area contributed by atoms with Gasteiger partial charge in [0, 0.05) is 30.1 Å². The van der Waals surface area contributed by atoms with Crippen molar-refractivity contribution in [3.8, 4) is 0 Å². The van der Waals surface area contributed by atoms with Crippen LogP contribution in [0.5, 0.6) is 0 Å². The third-order valence-corrected chi connectivity index (χ3v) is 5.23. The predicted molar refractivity (Wildman–Crippen MR) is 94.2 cm³/mol. The van der Waals surface area contributed by atoms with Crippen LogP contribution in [0.15, 0.2) is 24.3 Å². The smallest absolute Gasteiger partial charge is 0.227 e. The minimum absolute atomic E-state index is 0.0465. The normalized spacial score (nSPS) is 24.0. The maximum atomic E-state index is 12.2. The predicted octanol–water partition coefficient (Wildman–Crippen LogP) is 2.56. The summed E-state index contributed by atoms with van der Waals surface area (Å²) in [5, 5.41) is 5.99. The maximum absolute atomic E-state index is 12.2. The summed E-state index contributed by atoms with van der Waals surface area (Å²) in [5.41, 5.74) is 7.67. The van der Waals surface area contributed by atoms with Gasteiger partial charge in [0.1, 0.15) is 0 Å². The summed E-state index contributed by atoms with van der Waals surface area (Å²) in [5.74, 6) is 0.405. The minimum atomic E-state index is 0.0465. The van der Waals surface area contributed by atoms with Crippen LogP contribution < -0.4 is 16.4 Å². The van der Waals surface area contributed by atoms with Gasteiger partial charge in [-0.05, 0) is 49.8 Å². The molecule has 5 nitrogen and oxygen atoms in total. The number of hydrogen-bond donors (Lipinski definition) is 3. The van der Waals surface area contributed by atoms with Gasteiger partial charge in [-0.3, -0.25) is 9.59 Å². The van der Waals surface area contributed by atoms with Crippen molar-refractivity contribution < 1.29 is 9.59 Å². The second-order valence-corrected chi connectivity index (χ2v) is 7.16. The van der Waals surface area contributed by atoms with E-state index in [0.717, 1.165) is 56.2 Å². The van der Waals surface area contributed by atoms with E-state index < -0.39 is 0 Å². The van der Waals surface area contributed by atoms with E-state index in [2.05, 4.69) is 10.6 Å². The van der Waals surface area contributed by atoms with Crippen molar-refractivity contribution >= 4 is 17.5 Å². The van der Waals surface area contributed by atoms with Crippen molar-refractivity contribution in [1.82, 2.24) is 5.32 Å². The number of nitrogens with one attached hydrogen (secondary N) is 2. The van der Waals surface area contributed by atoms with Crippen LogP contribution in [0.3, 0.4) is 0 Å². The fourth-order valence-electron chi connectivity index (χ4n) is 3.78.